The Kier molecular flexibility index (Phi) is 3.09. The molecule has 0 aliphatic rings. The van der Waals surface area contributed by atoms with Gasteiger partial charge in [0.2, 0.25) is 0 Å². The van der Waals surface area contributed by atoms with E-state index in [1.54, 1.807) is 37.5 Å². The van der Waals surface area contributed by atoms with Gasteiger partial charge in [-0.25, -0.2) is 9.97 Å². The maximum absolute atomic E-state index is 11.8. The van der Waals surface area contributed by atoms with Crippen LogP contribution < -0.4 is 5.32 Å². The highest BCUT2D eigenvalue weighted by molar-refractivity contribution is 6.03. The number of carbonyl (C=O) groups excluding carboxylic acids is 1. The number of nitrogens with zero attached hydrogens (tertiary/aromatic N) is 3. The zero-order chi connectivity index (χ0) is 12.3. The monoisotopic (exact) mass is 228 g/mol. The van der Waals surface area contributed by atoms with Crippen molar-refractivity contribution in [1.82, 2.24) is 15.0 Å². The number of anilines is 1. The van der Waals surface area contributed by atoms with Crippen LogP contribution in [0.4, 0.5) is 5.82 Å². The van der Waals surface area contributed by atoms with Gasteiger partial charge in [-0.3, -0.25) is 9.78 Å². The van der Waals surface area contributed by atoms with Crippen LogP contribution in [0.3, 0.4) is 0 Å². The zero-order valence-electron chi connectivity index (χ0n) is 9.64. The van der Waals surface area contributed by atoms with Gasteiger partial charge < -0.3 is 5.32 Å². The quantitative estimate of drug-likeness (QED) is 0.850. The third-order valence-electron chi connectivity index (χ3n) is 2.19. The van der Waals surface area contributed by atoms with Crippen molar-refractivity contribution in [3.05, 3.63) is 47.7 Å². The minimum atomic E-state index is -0.226. The average Bonchev–Trinajstić information content (AvgIpc) is 2.29. The molecule has 0 saturated carbocycles. The molecule has 0 saturated heterocycles. The first-order chi connectivity index (χ1) is 8.15. The SMILES string of the molecule is Cc1ccc(C(=O)Nc2ccnc(C)n2)cn1. The summed E-state index contributed by atoms with van der Waals surface area (Å²) in [5.74, 6) is 0.878. The molecule has 0 radical (unpaired) electrons. The van der Waals surface area contributed by atoms with E-state index >= 15 is 0 Å². The van der Waals surface area contributed by atoms with E-state index in [2.05, 4.69) is 20.3 Å². The lowest BCUT2D eigenvalue weighted by Gasteiger charge is -2.04. The van der Waals surface area contributed by atoms with E-state index in [4.69, 9.17) is 0 Å². The molecule has 0 aliphatic carbocycles. The zero-order valence-corrected chi connectivity index (χ0v) is 9.64. The van der Waals surface area contributed by atoms with Crippen molar-refractivity contribution in [3.8, 4) is 0 Å². The molecule has 0 aromatic carbocycles. The fourth-order valence-corrected chi connectivity index (χ4v) is 1.32. The van der Waals surface area contributed by atoms with Crippen molar-refractivity contribution in [3.63, 3.8) is 0 Å². The molecule has 1 N–H and O–H groups in total. The van der Waals surface area contributed by atoms with Crippen molar-refractivity contribution in [2.45, 2.75) is 13.8 Å². The lowest BCUT2D eigenvalue weighted by atomic mass is 10.2. The Morgan fingerprint density at radius 1 is 1.18 bits per heavy atom. The van der Waals surface area contributed by atoms with Gasteiger partial charge in [-0.05, 0) is 32.0 Å². The molecule has 0 fully saturated rings. The summed E-state index contributed by atoms with van der Waals surface area (Å²) in [5, 5.41) is 2.69. The molecule has 5 nitrogen and oxygen atoms in total. The third-order valence-corrected chi connectivity index (χ3v) is 2.19. The first kappa shape index (κ1) is 11.2. The van der Waals surface area contributed by atoms with Crippen molar-refractivity contribution in [2.75, 3.05) is 5.32 Å². The Bertz CT molecular complexity index is 536. The lowest BCUT2D eigenvalue weighted by molar-refractivity contribution is 0.102. The van der Waals surface area contributed by atoms with Gasteiger partial charge in [0.25, 0.3) is 5.91 Å². The fourth-order valence-electron chi connectivity index (χ4n) is 1.32. The molecule has 0 spiro atoms. The van der Waals surface area contributed by atoms with E-state index in [1.807, 2.05) is 6.92 Å². The van der Waals surface area contributed by atoms with Gasteiger partial charge in [0.05, 0.1) is 5.56 Å². The van der Waals surface area contributed by atoms with Gasteiger partial charge in [-0.15, -0.1) is 0 Å². The minimum Gasteiger partial charge on any atom is -0.306 e. The van der Waals surface area contributed by atoms with Crippen LogP contribution in [0.5, 0.6) is 0 Å². The molecule has 5 heteroatoms. The molecule has 86 valence electrons. The molecular formula is C12H12N4O. The normalized spacial score (nSPS) is 10.0. The average molecular weight is 228 g/mol. The van der Waals surface area contributed by atoms with E-state index in [-0.39, 0.29) is 5.91 Å². The largest absolute Gasteiger partial charge is 0.306 e. The molecule has 2 aromatic rings. The first-order valence-electron chi connectivity index (χ1n) is 5.19. The number of amides is 1. The second kappa shape index (κ2) is 4.69. The number of rotatable bonds is 2. The Labute approximate surface area is 99.0 Å². The van der Waals surface area contributed by atoms with Gasteiger partial charge in [0.1, 0.15) is 11.6 Å². The molecule has 2 rings (SSSR count). The summed E-state index contributed by atoms with van der Waals surface area (Å²) in [5.41, 5.74) is 1.38. The van der Waals surface area contributed by atoms with E-state index in [9.17, 15) is 4.79 Å². The Balaban J connectivity index is 2.14. The fraction of sp³-hybridized carbons (Fsp3) is 0.167. The predicted molar refractivity (Wildman–Crippen MR) is 63.7 cm³/mol. The van der Waals surface area contributed by atoms with Crippen molar-refractivity contribution in [2.24, 2.45) is 0 Å². The molecule has 2 aromatic heterocycles. The Hall–Kier alpha value is -2.30. The van der Waals surface area contributed by atoms with Crippen molar-refractivity contribution < 1.29 is 4.79 Å². The molecule has 0 unspecified atom stereocenters. The van der Waals surface area contributed by atoms with Crippen LogP contribution >= 0.6 is 0 Å². The molecular weight excluding hydrogens is 216 g/mol. The highest BCUT2D eigenvalue weighted by atomic mass is 16.1. The standard InChI is InChI=1S/C12H12N4O/c1-8-3-4-10(7-14-8)12(17)16-11-5-6-13-9(2)15-11/h3-7H,1-2H3,(H,13,15,16,17). The van der Waals surface area contributed by atoms with Gasteiger partial charge in [0.15, 0.2) is 0 Å². The Morgan fingerprint density at radius 3 is 2.65 bits per heavy atom. The van der Waals surface area contributed by atoms with Crippen LogP contribution in [-0.2, 0) is 0 Å². The molecule has 1 amide bonds. The van der Waals surface area contributed by atoms with Crippen LogP contribution in [0.1, 0.15) is 21.9 Å². The van der Waals surface area contributed by atoms with Gasteiger partial charge in [0, 0.05) is 18.1 Å². The summed E-state index contributed by atoms with van der Waals surface area (Å²) in [4.78, 5) is 23.9. The number of hydrogen-bond acceptors (Lipinski definition) is 4. The van der Waals surface area contributed by atoms with E-state index in [1.165, 1.54) is 0 Å². The van der Waals surface area contributed by atoms with E-state index < -0.39 is 0 Å². The van der Waals surface area contributed by atoms with E-state index in [0.29, 0.717) is 17.2 Å². The smallest absolute Gasteiger partial charge is 0.258 e. The Morgan fingerprint density at radius 2 is 2.00 bits per heavy atom. The molecule has 0 bridgehead atoms. The highest BCUT2D eigenvalue weighted by Gasteiger charge is 2.06. The number of carbonyl (C=O) groups is 1. The molecule has 2 heterocycles. The topological polar surface area (TPSA) is 67.8 Å². The van der Waals surface area contributed by atoms with Crippen LogP contribution in [0.2, 0.25) is 0 Å². The summed E-state index contributed by atoms with van der Waals surface area (Å²) >= 11 is 0. The summed E-state index contributed by atoms with van der Waals surface area (Å²) in [6, 6.07) is 5.17. The number of aromatic nitrogens is 3. The summed E-state index contributed by atoms with van der Waals surface area (Å²) in [7, 11) is 0. The predicted octanol–water partition coefficient (Wildman–Crippen LogP) is 1.74. The van der Waals surface area contributed by atoms with Crippen molar-refractivity contribution in [1.29, 1.82) is 0 Å². The number of nitrogens with one attached hydrogen (secondary N) is 1. The van der Waals surface area contributed by atoms with Crippen LogP contribution in [0, 0.1) is 13.8 Å². The third kappa shape index (κ3) is 2.84. The molecule has 0 atom stereocenters. The maximum atomic E-state index is 11.8. The molecule has 17 heavy (non-hydrogen) atoms. The van der Waals surface area contributed by atoms with E-state index in [0.717, 1.165) is 5.69 Å². The number of aryl methyl sites for hydroxylation is 2. The first-order valence-corrected chi connectivity index (χ1v) is 5.19. The number of pyridine rings is 1. The number of hydrogen-bond donors (Lipinski definition) is 1. The van der Waals surface area contributed by atoms with Gasteiger partial charge in [-0.1, -0.05) is 0 Å². The lowest BCUT2D eigenvalue weighted by Crippen LogP contribution is -2.13. The van der Waals surface area contributed by atoms with Crippen LogP contribution in [0.15, 0.2) is 30.6 Å². The van der Waals surface area contributed by atoms with Crippen LogP contribution in [-0.4, -0.2) is 20.9 Å². The van der Waals surface area contributed by atoms with Gasteiger partial charge >= 0.3 is 0 Å². The van der Waals surface area contributed by atoms with Crippen molar-refractivity contribution >= 4 is 11.7 Å². The molecule has 0 aliphatic heterocycles. The summed E-state index contributed by atoms with van der Waals surface area (Å²) in [6.45, 7) is 3.64. The second-order valence-corrected chi connectivity index (χ2v) is 3.63. The van der Waals surface area contributed by atoms with Gasteiger partial charge in [-0.2, -0.15) is 0 Å². The maximum Gasteiger partial charge on any atom is 0.258 e. The van der Waals surface area contributed by atoms with Crippen LogP contribution in [0.25, 0.3) is 0 Å². The second-order valence-electron chi connectivity index (χ2n) is 3.63. The summed E-state index contributed by atoms with van der Waals surface area (Å²) in [6.07, 6.45) is 3.14. The minimum absolute atomic E-state index is 0.226. The summed E-state index contributed by atoms with van der Waals surface area (Å²) < 4.78 is 0. The highest BCUT2D eigenvalue weighted by Crippen LogP contribution is 2.05.